The lowest BCUT2D eigenvalue weighted by molar-refractivity contribution is -0.161. The molecular weight excluding hydrogens is 957 g/mol. The van der Waals surface area contributed by atoms with E-state index in [0.717, 1.165) is 128 Å². The Morgan fingerprint density at radius 1 is 0.308 bits per heavy atom. The first-order valence-corrected chi connectivity index (χ1v) is 32.4. The van der Waals surface area contributed by atoms with Crippen LogP contribution < -0.4 is 0 Å². The molecule has 0 aliphatic heterocycles. The van der Waals surface area contributed by atoms with Crippen LogP contribution in [0.2, 0.25) is 0 Å². The summed E-state index contributed by atoms with van der Waals surface area (Å²) in [5.41, 5.74) is 0. The largest absolute Gasteiger partial charge is 0.462 e. The van der Waals surface area contributed by atoms with Gasteiger partial charge in [-0.25, -0.2) is 0 Å². The molecule has 0 radical (unpaired) electrons. The smallest absolute Gasteiger partial charge is 0.306 e. The number of unbranched alkanes of at least 4 members (excludes halogenated alkanes) is 26. The van der Waals surface area contributed by atoms with Crippen LogP contribution in [-0.4, -0.2) is 36.4 Å². The number of aliphatic hydroxyl groups is 1. The molecule has 0 aliphatic rings. The van der Waals surface area contributed by atoms with Crippen LogP contribution in [0.5, 0.6) is 0 Å². The summed E-state index contributed by atoms with van der Waals surface area (Å²) in [5, 5.41) is 9.67. The van der Waals surface area contributed by atoms with Gasteiger partial charge in [0.05, 0.1) is 6.61 Å². The van der Waals surface area contributed by atoms with Crippen molar-refractivity contribution in [2.24, 2.45) is 0 Å². The summed E-state index contributed by atoms with van der Waals surface area (Å²) in [4.78, 5) is 24.6. The molecule has 0 aliphatic carbocycles. The third-order valence-corrected chi connectivity index (χ3v) is 13.6. The van der Waals surface area contributed by atoms with E-state index in [1.54, 1.807) is 0 Å². The SMILES string of the molecule is CC/C=C\C/C=C\C/C=C\C/C=C\C/C=C\C/C=C\C/C=C\C/C=C\C/C=C\C/C=C\C/C=C\C/C=C\CCCCCCC(=O)OC(CO)COC(=O)CCCCCCCCCCCCCCCCCCCCCCCCC. The van der Waals surface area contributed by atoms with Gasteiger partial charge in [0.15, 0.2) is 6.10 Å². The Kier molecular flexibility index (Phi) is 63.4. The summed E-state index contributed by atoms with van der Waals surface area (Å²) in [5.74, 6) is -0.619. The maximum atomic E-state index is 12.3. The minimum absolute atomic E-state index is 0.0813. The molecule has 0 fully saturated rings. The molecule has 0 rings (SSSR count). The first-order chi connectivity index (χ1) is 38.6. The zero-order valence-corrected chi connectivity index (χ0v) is 50.6. The molecule has 0 bridgehead atoms. The maximum Gasteiger partial charge on any atom is 0.306 e. The fraction of sp³-hybridized carbons (Fsp3) is 0.644. The van der Waals surface area contributed by atoms with E-state index in [9.17, 15) is 14.7 Å². The van der Waals surface area contributed by atoms with Gasteiger partial charge >= 0.3 is 11.9 Å². The minimum Gasteiger partial charge on any atom is -0.462 e. The standard InChI is InChI=1S/C73H120O5/c1-3-5-7-9-11-13-15-17-19-21-23-25-27-28-29-30-31-32-33-34-35-36-37-38-39-40-41-42-43-44-46-48-50-52-54-56-58-60-62-64-66-68-73(76)78-71(69-74)70-77-72(75)67-65-63-61-59-57-55-53-51-49-47-45-26-24-22-20-18-16-14-12-10-8-6-4-2/h5,7,11,13,17,19,23,25,28-29,31-32,34-35,37-38,40-41,43-44,48,50,54,56,71,74H,3-4,6,8-10,12,14-16,18,20-22,24,26-27,30,33,36,39,42,45-47,49,51-53,55,57-70H2,1-2H3/b7-5-,13-11-,19-17-,25-23-,29-28-,32-31-,35-34-,38-37-,41-40-,44-43-,50-48-,56-54-. The molecule has 0 heterocycles. The highest BCUT2D eigenvalue weighted by molar-refractivity contribution is 5.70. The van der Waals surface area contributed by atoms with Crippen LogP contribution in [0.1, 0.15) is 284 Å². The Bertz CT molecular complexity index is 1650. The Labute approximate surface area is 482 Å². The van der Waals surface area contributed by atoms with Crippen molar-refractivity contribution in [3.63, 3.8) is 0 Å². The number of hydrogen-bond donors (Lipinski definition) is 1. The second kappa shape index (κ2) is 67.1. The molecule has 0 spiro atoms. The maximum absolute atomic E-state index is 12.3. The summed E-state index contributed by atoms with van der Waals surface area (Å²) >= 11 is 0. The fourth-order valence-corrected chi connectivity index (χ4v) is 8.83. The van der Waals surface area contributed by atoms with E-state index >= 15 is 0 Å². The van der Waals surface area contributed by atoms with Gasteiger partial charge in [0.25, 0.3) is 0 Å². The van der Waals surface area contributed by atoms with E-state index in [4.69, 9.17) is 9.47 Å². The first kappa shape index (κ1) is 73.8. The zero-order chi connectivity index (χ0) is 56.2. The molecule has 0 saturated carbocycles. The predicted octanol–water partition coefficient (Wildman–Crippen LogP) is 22.5. The second-order valence-corrected chi connectivity index (χ2v) is 21.1. The molecule has 0 aromatic carbocycles. The van der Waals surface area contributed by atoms with Gasteiger partial charge in [0, 0.05) is 12.8 Å². The van der Waals surface area contributed by atoms with Gasteiger partial charge in [-0.3, -0.25) is 9.59 Å². The van der Waals surface area contributed by atoms with Gasteiger partial charge in [-0.05, 0) is 103 Å². The molecule has 0 saturated heterocycles. The van der Waals surface area contributed by atoms with Crippen molar-refractivity contribution in [2.75, 3.05) is 13.2 Å². The van der Waals surface area contributed by atoms with Crippen LogP contribution in [0, 0.1) is 0 Å². The van der Waals surface area contributed by atoms with Crippen molar-refractivity contribution in [3.05, 3.63) is 146 Å². The number of ether oxygens (including phenoxy) is 2. The van der Waals surface area contributed by atoms with E-state index in [-0.39, 0.29) is 25.2 Å². The van der Waals surface area contributed by atoms with Crippen molar-refractivity contribution < 1.29 is 24.2 Å². The lowest BCUT2D eigenvalue weighted by atomic mass is 10.0. The summed E-state index contributed by atoms with van der Waals surface area (Å²) < 4.78 is 10.7. The number of esters is 2. The molecule has 0 amide bonds. The van der Waals surface area contributed by atoms with Crippen LogP contribution in [-0.2, 0) is 19.1 Å². The van der Waals surface area contributed by atoms with Crippen molar-refractivity contribution in [3.8, 4) is 0 Å². The predicted molar refractivity (Wildman–Crippen MR) is 343 cm³/mol. The summed E-state index contributed by atoms with van der Waals surface area (Å²) in [6.07, 6.45) is 101. The quantitative estimate of drug-likeness (QED) is 0.0373. The van der Waals surface area contributed by atoms with E-state index in [1.807, 2.05) is 0 Å². The molecule has 78 heavy (non-hydrogen) atoms. The van der Waals surface area contributed by atoms with Crippen molar-refractivity contribution in [2.45, 2.75) is 290 Å². The molecule has 442 valence electrons. The normalized spacial score (nSPS) is 13.2. The van der Waals surface area contributed by atoms with Crippen molar-refractivity contribution in [1.82, 2.24) is 0 Å². The highest BCUT2D eigenvalue weighted by Gasteiger charge is 2.16. The summed E-state index contributed by atoms with van der Waals surface area (Å²) in [7, 11) is 0. The Morgan fingerprint density at radius 2 is 0.551 bits per heavy atom. The average molecular weight is 1080 g/mol. The van der Waals surface area contributed by atoms with Crippen LogP contribution >= 0.6 is 0 Å². The van der Waals surface area contributed by atoms with Gasteiger partial charge in [0.1, 0.15) is 6.61 Å². The highest BCUT2D eigenvalue weighted by atomic mass is 16.6. The highest BCUT2D eigenvalue weighted by Crippen LogP contribution is 2.16. The second-order valence-electron chi connectivity index (χ2n) is 21.1. The van der Waals surface area contributed by atoms with Crippen molar-refractivity contribution in [1.29, 1.82) is 0 Å². The zero-order valence-electron chi connectivity index (χ0n) is 50.6. The van der Waals surface area contributed by atoms with Crippen LogP contribution in [0.3, 0.4) is 0 Å². The van der Waals surface area contributed by atoms with E-state index in [1.165, 1.54) is 128 Å². The molecular formula is C73H120O5. The lowest BCUT2D eigenvalue weighted by Crippen LogP contribution is -2.28. The fourth-order valence-electron chi connectivity index (χ4n) is 8.83. The number of allylic oxidation sites excluding steroid dienone is 24. The summed E-state index contributed by atoms with van der Waals surface area (Å²) in [6.45, 7) is 4.03. The van der Waals surface area contributed by atoms with Gasteiger partial charge in [-0.1, -0.05) is 314 Å². The Hall–Kier alpha value is -4.22. The number of aliphatic hydroxyl groups excluding tert-OH is 1. The van der Waals surface area contributed by atoms with Gasteiger partial charge < -0.3 is 14.6 Å². The number of rotatable bonds is 58. The third-order valence-electron chi connectivity index (χ3n) is 13.6. The Balaban J connectivity index is 3.63. The molecule has 0 aromatic rings. The van der Waals surface area contributed by atoms with Crippen LogP contribution in [0.4, 0.5) is 0 Å². The number of hydrogen-bond acceptors (Lipinski definition) is 5. The van der Waals surface area contributed by atoms with Gasteiger partial charge in [-0.15, -0.1) is 0 Å². The topological polar surface area (TPSA) is 72.8 Å². The third kappa shape index (κ3) is 64.3. The monoisotopic (exact) mass is 1080 g/mol. The molecule has 1 N–H and O–H groups in total. The number of carbonyl (C=O) groups is 2. The van der Waals surface area contributed by atoms with Crippen molar-refractivity contribution >= 4 is 11.9 Å². The van der Waals surface area contributed by atoms with Gasteiger partial charge in [0.2, 0.25) is 0 Å². The van der Waals surface area contributed by atoms with E-state index < -0.39 is 6.10 Å². The van der Waals surface area contributed by atoms with E-state index in [0.29, 0.717) is 12.8 Å². The van der Waals surface area contributed by atoms with Crippen LogP contribution in [0.25, 0.3) is 0 Å². The van der Waals surface area contributed by atoms with Crippen LogP contribution in [0.15, 0.2) is 146 Å². The van der Waals surface area contributed by atoms with Gasteiger partial charge in [-0.2, -0.15) is 0 Å². The van der Waals surface area contributed by atoms with E-state index in [2.05, 4.69) is 160 Å². The molecule has 1 unspecified atom stereocenters. The summed E-state index contributed by atoms with van der Waals surface area (Å²) in [6, 6.07) is 0. The molecule has 0 aromatic heterocycles. The molecule has 5 heteroatoms. The minimum atomic E-state index is -0.795. The Morgan fingerprint density at radius 3 is 0.833 bits per heavy atom. The number of carbonyl (C=O) groups excluding carboxylic acids is 2. The molecule has 1 atom stereocenters. The average Bonchev–Trinajstić information content (AvgIpc) is 3.44. The first-order valence-electron chi connectivity index (χ1n) is 32.4. The lowest BCUT2D eigenvalue weighted by Gasteiger charge is -2.15. The molecule has 5 nitrogen and oxygen atoms in total.